The van der Waals surface area contributed by atoms with Gasteiger partial charge in [0.05, 0.1) is 0 Å². The maximum absolute atomic E-state index is 5.39. The topological polar surface area (TPSA) is 26.0 Å². The summed E-state index contributed by atoms with van der Waals surface area (Å²) in [6, 6.07) is 0. The van der Waals surface area contributed by atoms with E-state index >= 15 is 0 Å². The van der Waals surface area contributed by atoms with Gasteiger partial charge in [-0.25, -0.2) is 0 Å². The Kier molecular flexibility index (Phi) is 19.3. The van der Waals surface area contributed by atoms with E-state index < -0.39 is 0 Å². The molecular formula is C15H33N. The predicted octanol–water partition coefficient (Wildman–Crippen LogP) is 5.06. The third-order valence-corrected chi connectivity index (χ3v) is 2.64. The van der Waals surface area contributed by atoms with E-state index in [1.165, 1.54) is 56.9 Å². The Balaban J connectivity index is 0. The van der Waals surface area contributed by atoms with Crippen molar-refractivity contribution in [1.29, 1.82) is 0 Å². The van der Waals surface area contributed by atoms with Gasteiger partial charge in [0.25, 0.3) is 0 Å². The second-order valence-electron chi connectivity index (χ2n) is 4.63. The van der Waals surface area contributed by atoms with Crippen LogP contribution in [0.15, 0.2) is 11.6 Å². The van der Waals surface area contributed by atoms with E-state index in [4.69, 9.17) is 5.73 Å². The number of rotatable bonds is 8. The molecule has 0 amide bonds. The Labute approximate surface area is 104 Å². The highest BCUT2D eigenvalue weighted by Crippen LogP contribution is 2.07. The molecule has 0 spiro atoms. The molecule has 0 radical (unpaired) electrons. The van der Waals surface area contributed by atoms with Crippen molar-refractivity contribution < 1.29 is 0 Å². The molecule has 0 atom stereocenters. The van der Waals surface area contributed by atoms with Crippen molar-refractivity contribution >= 4 is 0 Å². The quantitative estimate of drug-likeness (QED) is 0.455. The van der Waals surface area contributed by atoms with E-state index in [2.05, 4.69) is 26.8 Å². The van der Waals surface area contributed by atoms with Gasteiger partial charge in [-0.15, -0.1) is 0 Å². The minimum Gasteiger partial charge on any atom is -0.330 e. The van der Waals surface area contributed by atoms with E-state index in [1.807, 2.05) is 6.92 Å². The summed E-state index contributed by atoms with van der Waals surface area (Å²) >= 11 is 0. The molecule has 0 fully saturated rings. The number of allylic oxidation sites excluding steroid dienone is 2. The normalized spacial score (nSPS) is 9.31. The van der Waals surface area contributed by atoms with Gasteiger partial charge in [0.15, 0.2) is 0 Å². The van der Waals surface area contributed by atoms with Crippen LogP contribution in [0.2, 0.25) is 0 Å². The van der Waals surface area contributed by atoms with E-state index in [9.17, 15) is 0 Å². The molecule has 0 bridgehead atoms. The molecule has 0 aliphatic rings. The van der Waals surface area contributed by atoms with Gasteiger partial charge >= 0.3 is 0 Å². The monoisotopic (exact) mass is 227 g/mol. The molecule has 0 aliphatic carbocycles. The van der Waals surface area contributed by atoms with Gasteiger partial charge in [-0.3, -0.25) is 0 Å². The lowest BCUT2D eigenvalue weighted by atomic mass is 10.1. The first kappa shape index (κ1) is 18.1. The zero-order chi connectivity index (χ0) is 12.6. The molecule has 0 saturated heterocycles. The summed E-state index contributed by atoms with van der Waals surface area (Å²) < 4.78 is 0. The lowest BCUT2D eigenvalue weighted by Crippen LogP contribution is -1.97. The summed E-state index contributed by atoms with van der Waals surface area (Å²) in [5.41, 5.74) is 6.77. The van der Waals surface area contributed by atoms with Gasteiger partial charge in [-0.2, -0.15) is 0 Å². The molecule has 98 valence electrons. The van der Waals surface area contributed by atoms with Crippen LogP contribution in [-0.4, -0.2) is 6.54 Å². The third-order valence-electron chi connectivity index (χ3n) is 2.64. The van der Waals surface area contributed by atoms with Gasteiger partial charge in [0, 0.05) is 0 Å². The van der Waals surface area contributed by atoms with Crippen molar-refractivity contribution in [3.05, 3.63) is 11.6 Å². The van der Waals surface area contributed by atoms with Gasteiger partial charge in [-0.1, -0.05) is 63.5 Å². The Bertz CT molecular complexity index is 126. The van der Waals surface area contributed by atoms with Crippen LogP contribution in [0.25, 0.3) is 0 Å². The fourth-order valence-electron chi connectivity index (χ4n) is 1.28. The Hall–Kier alpha value is -0.300. The van der Waals surface area contributed by atoms with Gasteiger partial charge in [0.2, 0.25) is 0 Å². The molecule has 0 unspecified atom stereocenters. The zero-order valence-corrected chi connectivity index (χ0v) is 12.0. The van der Waals surface area contributed by atoms with Crippen molar-refractivity contribution in [2.24, 2.45) is 5.73 Å². The van der Waals surface area contributed by atoms with Crippen LogP contribution in [0.1, 0.15) is 79.1 Å². The number of hydrogen-bond donors (Lipinski definition) is 1. The zero-order valence-electron chi connectivity index (χ0n) is 12.0. The van der Waals surface area contributed by atoms with Crippen LogP contribution in [0.3, 0.4) is 0 Å². The first-order valence-corrected chi connectivity index (χ1v) is 6.98. The van der Waals surface area contributed by atoms with Crippen molar-refractivity contribution in [3.8, 4) is 0 Å². The number of hydrogen-bond acceptors (Lipinski definition) is 1. The van der Waals surface area contributed by atoms with Gasteiger partial charge < -0.3 is 5.73 Å². The molecule has 0 aromatic rings. The lowest BCUT2D eigenvalue weighted by Gasteiger charge is -1.99. The summed E-state index contributed by atoms with van der Waals surface area (Å²) in [6.45, 7) is 9.33. The molecule has 0 aromatic heterocycles. The minimum absolute atomic E-state index is 0.870. The highest BCUT2D eigenvalue weighted by Gasteiger charge is 1.89. The minimum atomic E-state index is 0.870. The molecule has 0 saturated carbocycles. The van der Waals surface area contributed by atoms with Crippen molar-refractivity contribution in [3.63, 3.8) is 0 Å². The fraction of sp³-hybridized carbons (Fsp3) is 0.867. The third kappa shape index (κ3) is 23.5. The maximum Gasteiger partial charge on any atom is -0.00773 e. The molecule has 1 nitrogen and oxygen atoms in total. The molecule has 0 aromatic carbocycles. The molecule has 1 heteroatoms. The Morgan fingerprint density at radius 2 is 1.25 bits per heavy atom. The average Bonchev–Trinajstić information content (AvgIpc) is 2.29. The molecule has 2 N–H and O–H groups in total. The van der Waals surface area contributed by atoms with E-state index in [-0.39, 0.29) is 0 Å². The number of nitrogens with two attached hydrogens (primary N) is 1. The lowest BCUT2D eigenvalue weighted by molar-refractivity contribution is 0.578. The van der Waals surface area contributed by atoms with Gasteiger partial charge in [-0.05, 0) is 33.7 Å². The van der Waals surface area contributed by atoms with E-state index in [0.717, 1.165) is 6.54 Å². The van der Waals surface area contributed by atoms with Crippen LogP contribution in [0.4, 0.5) is 0 Å². The van der Waals surface area contributed by atoms with Crippen molar-refractivity contribution in [2.75, 3.05) is 6.54 Å². The summed E-state index contributed by atoms with van der Waals surface area (Å²) in [5.74, 6) is 0. The Morgan fingerprint density at radius 1 is 0.875 bits per heavy atom. The summed E-state index contributed by atoms with van der Waals surface area (Å²) in [7, 11) is 0. The largest absolute Gasteiger partial charge is 0.330 e. The molecule has 0 rings (SSSR count). The average molecular weight is 227 g/mol. The van der Waals surface area contributed by atoms with Gasteiger partial charge in [0.1, 0.15) is 0 Å². The summed E-state index contributed by atoms with van der Waals surface area (Å²) in [5, 5.41) is 0. The summed E-state index contributed by atoms with van der Waals surface area (Å²) in [4.78, 5) is 0. The highest BCUT2D eigenvalue weighted by atomic mass is 14.5. The molecule has 16 heavy (non-hydrogen) atoms. The van der Waals surface area contributed by atoms with Crippen LogP contribution in [0.5, 0.6) is 0 Å². The van der Waals surface area contributed by atoms with Crippen LogP contribution in [-0.2, 0) is 0 Å². The standard InChI is InChI=1S/C10H23N.C5H10/c1-2-3-4-5-6-7-8-9-10-11;1-4-5(2)3/h2-11H2,1H3;4H,1-3H3. The predicted molar refractivity (Wildman–Crippen MR) is 76.8 cm³/mol. The smallest absolute Gasteiger partial charge is 0.00773 e. The number of unbranched alkanes of at least 4 members (excludes halogenated alkanes) is 7. The fourth-order valence-corrected chi connectivity index (χ4v) is 1.28. The summed E-state index contributed by atoms with van der Waals surface area (Å²) in [6.07, 6.45) is 13.1. The molecule has 0 heterocycles. The maximum atomic E-state index is 5.39. The first-order valence-electron chi connectivity index (χ1n) is 6.98. The molecular weight excluding hydrogens is 194 g/mol. The SMILES string of the molecule is CC=C(C)C.CCCCCCCCCCN. The Morgan fingerprint density at radius 3 is 1.56 bits per heavy atom. The van der Waals surface area contributed by atoms with Crippen LogP contribution in [0, 0.1) is 0 Å². The molecule has 0 aliphatic heterocycles. The van der Waals surface area contributed by atoms with Crippen molar-refractivity contribution in [2.45, 2.75) is 79.1 Å². The first-order chi connectivity index (χ1) is 7.68. The van der Waals surface area contributed by atoms with E-state index in [0.29, 0.717) is 0 Å². The van der Waals surface area contributed by atoms with E-state index in [1.54, 1.807) is 0 Å². The second-order valence-corrected chi connectivity index (χ2v) is 4.63. The van der Waals surface area contributed by atoms with Crippen LogP contribution < -0.4 is 5.73 Å². The van der Waals surface area contributed by atoms with Crippen LogP contribution >= 0.6 is 0 Å². The second kappa shape index (κ2) is 17.1. The highest BCUT2D eigenvalue weighted by molar-refractivity contribution is 4.88. The van der Waals surface area contributed by atoms with Crippen molar-refractivity contribution in [1.82, 2.24) is 0 Å².